The Hall–Kier alpha value is -2.34. The Balaban J connectivity index is 1.98. The maximum Gasteiger partial charge on any atom is 0.338 e. The highest BCUT2D eigenvalue weighted by molar-refractivity contribution is 8.00. The summed E-state index contributed by atoms with van der Waals surface area (Å²) in [5.74, 6) is -0.696. The number of amides is 1. The van der Waals surface area contributed by atoms with Gasteiger partial charge in [-0.25, -0.2) is 9.18 Å². The van der Waals surface area contributed by atoms with E-state index in [9.17, 15) is 14.0 Å². The number of hydrogen-bond donors (Lipinski definition) is 0. The van der Waals surface area contributed by atoms with E-state index in [0.717, 1.165) is 11.6 Å². The summed E-state index contributed by atoms with van der Waals surface area (Å²) in [4.78, 5) is 26.0. The van der Waals surface area contributed by atoms with Gasteiger partial charge < -0.3 is 4.74 Å². The smallest absolute Gasteiger partial charge is 0.338 e. The molecule has 0 saturated carbocycles. The zero-order valence-electron chi connectivity index (χ0n) is 14.9. The largest absolute Gasteiger partial charge is 0.462 e. The first-order chi connectivity index (χ1) is 12.4. The molecule has 0 aromatic heterocycles. The van der Waals surface area contributed by atoms with Crippen LogP contribution in [0.4, 0.5) is 10.1 Å². The van der Waals surface area contributed by atoms with Gasteiger partial charge in [0.15, 0.2) is 0 Å². The molecule has 0 N–H and O–H groups in total. The van der Waals surface area contributed by atoms with Crippen LogP contribution in [0.5, 0.6) is 0 Å². The maximum atomic E-state index is 13.3. The lowest BCUT2D eigenvalue weighted by Gasteiger charge is -2.26. The quantitative estimate of drug-likeness (QED) is 0.771. The van der Waals surface area contributed by atoms with Crippen LogP contribution in [0.2, 0.25) is 0 Å². The number of halogens is 1. The van der Waals surface area contributed by atoms with E-state index in [-0.39, 0.29) is 17.7 Å². The predicted octanol–water partition coefficient (Wildman–Crippen LogP) is 4.09. The van der Waals surface area contributed by atoms with Crippen LogP contribution >= 0.6 is 11.8 Å². The number of anilines is 1. The Kier molecular flexibility index (Phi) is 4.70. The van der Waals surface area contributed by atoms with Gasteiger partial charge in [0.25, 0.3) is 0 Å². The van der Waals surface area contributed by atoms with Crippen molar-refractivity contribution < 1.29 is 20.1 Å². The van der Waals surface area contributed by atoms with Gasteiger partial charge in [-0.15, -0.1) is 11.8 Å². The van der Waals surface area contributed by atoms with Gasteiger partial charge in [0.05, 0.1) is 19.3 Å². The van der Waals surface area contributed by atoms with Crippen molar-refractivity contribution in [3.8, 4) is 0 Å². The molecule has 25 heavy (non-hydrogen) atoms. The van der Waals surface area contributed by atoms with E-state index >= 15 is 0 Å². The first kappa shape index (κ1) is 16.1. The van der Waals surface area contributed by atoms with Gasteiger partial charge in [-0.3, -0.25) is 9.69 Å². The third-order valence-corrected chi connectivity index (χ3v) is 5.09. The van der Waals surface area contributed by atoms with E-state index in [4.69, 9.17) is 6.11 Å². The van der Waals surface area contributed by atoms with E-state index in [1.54, 1.807) is 36.1 Å². The van der Waals surface area contributed by atoms with Crippen LogP contribution in [0, 0.1) is 12.7 Å². The average molecular weight is 360 g/mol. The summed E-state index contributed by atoms with van der Waals surface area (Å²) in [6.07, 6.45) is 0. The molecule has 2 aromatic rings. The summed E-state index contributed by atoms with van der Waals surface area (Å²) in [6.45, 7) is 3.85. The molecule has 130 valence electrons. The Labute approximate surface area is 151 Å². The standard InChI is InChI=1S/C19H18FNO3S/c1-3-24-19(23)14-6-9-16(12(2)10-14)21-17(22)11-25-18(21)13-4-7-15(20)8-5-13/h4-10,18H,3,11H2,1-2H3/i4D. The second kappa shape index (κ2) is 7.27. The number of rotatable bonds is 4. The van der Waals surface area contributed by atoms with Gasteiger partial charge in [0, 0.05) is 5.69 Å². The first-order valence-corrected chi connectivity index (χ1v) is 8.94. The van der Waals surface area contributed by atoms with Crippen molar-refractivity contribution in [2.24, 2.45) is 0 Å². The summed E-state index contributed by atoms with van der Waals surface area (Å²) < 4.78 is 26.4. The fraction of sp³-hybridized carbons (Fsp3) is 0.263. The lowest BCUT2D eigenvalue weighted by molar-refractivity contribution is -0.115. The van der Waals surface area contributed by atoms with E-state index in [2.05, 4.69) is 0 Å². The van der Waals surface area contributed by atoms with Crippen LogP contribution in [0.1, 0.15) is 35.2 Å². The molecule has 0 spiro atoms. The minimum Gasteiger partial charge on any atom is -0.462 e. The lowest BCUT2D eigenvalue weighted by Crippen LogP contribution is -2.28. The fourth-order valence-electron chi connectivity index (χ4n) is 2.75. The minimum atomic E-state index is -0.477. The van der Waals surface area contributed by atoms with Gasteiger partial charge >= 0.3 is 5.97 Å². The number of esters is 1. The molecule has 1 aliphatic rings. The fourth-order valence-corrected chi connectivity index (χ4v) is 3.90. The molecule has 1 atom stereocenters. The topological polar surface area (TPSA) is 46.6 Å². The van der Waals surface area contributed by atoms with Crippen LogP contribution in [0.3, 0.4) is 0 Å². The van der Waals surface area contributed by atoms with E-state index in [0.29, 0.717) is 23.4 Å². The van der Waals surface area contributed by atoms with Crippen molar-refractivity contribution in [1.82, 2.24) is 0 Å². The second-order valence-corrected chi connectivity index (χ2v) is 6.68. The zero-order valence-corrected chi connectivity index (χ0v) is 14.7. The van der Waals surface area contributed by atoms with Crippen molar-refractivity contribution in [3.63, 3.8) is 0 Å². The van der Waals surface area contributed by atoms with Crippen LogP contribution in [0.15, 0.2) is 42.4 Å². The van der Waals surface area contributed by atoms with Gasteiger partial charge in [0.2, 0.25) is 5.91 Å². The summed E-state index contributed by atoms with van der Waals surface area (Å²) in [5.41, 5.74) is 2.43. The number of carbonyl (C=O) groups is 2. The number of aryl methyl sites for hydroxylation is 1. The average Bonchev–Trinajstić information content (AvgIpc) is 2.96. The molecule has 1 heterocycles. The normalized spacial score (nSPS) is 17.6. The van der Waals surface area contributed by atoms with E-state index in [1.807, 2.05) is 6.92 Å². The molecular weight excluding hydrogens is 341 g/mol. The van der Waals surface area contributed by atoms with E-state index < -0.39 is 17.2 Å². The molecule has 3 rings (SSSR count). The molecule has 1 unspecified atom stereocenters. The molecule has 4 nitrogen and oxygen atoms in total. The Morgan fingerprint density at radius 1 is 1.40 bits per heavy atom. The number of carbonyl (C=O) groups excluding carboxylic acids is 2. The van der Waals surface area contributed by atoms with Crippen molar-refractivity contribution in [2.45, 2.75) is 19.2 Å². The lowest BCUT2D eigenvalue weighted by atomic mass is 10.1. The van der Waals surface area contributed by atoms with Crippen LogP contribution < -0.4 is 4.90 Å². The van der Waals surface area contributed by atoms with Crippen molar-refractivity contribution in [2.75, 3.05) is 17.3 Å². The Morgan fingerprint density at radius 3 is 2.88 bits per heavy atom. The molecule has 6 heteroatoms. The Bertz CT molecular complexity index is 874. The summed E-state index contributed by atoms with van der Waals surface area (Å²) >= 11 is 1.40. The van der Waals surface area contributed by atoms with Gasteiger partial charge in [-0.1, -0.05) is 12.1 Å². The molecule has 0 radical (unpaired) electrons. The SMILES string of the molecule is [2H]c1cc(F)ccc1C1SCC(=O)N1c1ccc(C(=O)OCC)cc1C. The van der Waals surface area contributed by atoms with Crippen molar-refractivity contribution in [3.05, 3.63) is 64.9 Å². The number of benzene rings is 2. The Morgan fingerprint density at radius 2 is 2.20 bits per heavy atom. The van der Waals surface area contributed by atoms with Crippen LogP contribution in [-0.4, -0.2) is 24.2 Å². The van der Waals surface area contributed by atoms with Gasteiger partial charge in [0.1, 0.15) is 11.2 Å². The van der Waals surface area contributed by atoms with Crippen LogP contribution in [-0.2, 0) is 9.53 Å². The number of nitrogens with zero attached hydrogens (tertiary/aromatic N) is 1. The molecule has 0 aliphatic carbocycles. The highest BCUT2D eigenvalue weighted by Crippen LogP contribution is 2.42. The number of ether oxygens (including phenoxy) is 1. The molecule has 1 fully saturated rings. The highest BCUT2D eigenvalue weighted by atomic mass is 32.2. The molecule has 1 amide bonds. The molecule has 2 aromatic carbocycles. The van der Waals surface area contributed by atoms with Gasteiger partial charge in [-0.05, 0) is 55.3 Å². The third-order valence-electron chi connectivity index (χ3n) is 3.90. The second-order valence-electron chi connectivity index (χ2n) is 5.61. The molecule has 1 aliphatic heterocycles. The summed E-state index contributed by atoms with van der Waals surface area (Å²) in [5, 5.41) is -0.400. The highest BCUT2D eigenvalue weighted by Gasteiger charge is 2.34. The molecule has 0 bridgehead atoms. The number of thioether (sulfide) groups is 1. The van der Waals surface area contributed by atoms with Crippen LogP contribution in [0.25, 0.3) is 0 Å². The van der Waals surface area contributed by atoms with E-state index in [1.165, 1.54) is 17.8 Å². The minimum absolute atomic E-state index is 0.0583. The monoisotopic (exact) mass is 360 g/mol. The summed E-state index contributed by atoms with van der Waals surface area (Å²) in [7, 11) is 0. The molecule has 1 saturated heterocycles. The van der Waals surface area contributed by atoms with Crippen molar-refractivity contribution in [1.29, 1.82) is 0 Å². The summed E-state index contributed by atoms with van der Waals surface area (Å²) in [6, 6.07) is 9.07. The maximum absolute atomic E-state index is 13.3. The number of hydrogen-bond acceptors (Lipinski definition) is 4. The predicted molar refractivity (Wildman–Crippen MR) is 96.2 cm³/mol. The molecular formula is C19H18FNO3S. The zero-order chi connectivity index (χ0) is 18.8. The van der Waals surface area contributed by atoms with Crippen molar-refractivity contribution >= 4 is 29.3 Å². The van der Waals surface area contributed by atoms with Gasteiger partial charge in [-0.2, -0.15) is 0 Å². The third kappa shape index (κ3) is 3.54. The first-order valence-electron chi connectivity index (χ1n) is 8.40.